The average Bonchev–Trinajstić information content (AvgIpc) is 3.24. The van der Waals surface area contributed by atoms with Crippen LogP contribution in [-0.4, -0.2) is 52.1 Å². The molecule has 0 aliphatic heterocycles. The number of benzene rings is 2. The molecule has 10 heteroatoms. The van der Waals surface area contributed by atoms with Crippen molar-refractivity contribution in [1.29, 1.82) is 0 Å². The topological polar surface area (TPSA) is 99.9 Å². The second kappa shape index (κ2) is 10.6. The molecule has 4 aromatic rings. The van der Waals surface area contributed by atoms with Gasteiger partial charge in [0.2, 0.25) is 5.88 Å². The predicted molar refractivity (Wildman–Crippen MR) is 123 cm³/mol. The van der Waals surface area contributed by atoms with Crippen LogP contribution in [0.2, 0.25) is 5.02 Å². The molecule has 0 bridgehead atoms. The number of ether oxygens (including phenoxy) is 3. The SMILES string of the molecule is CCOc1cccc(OCC(=O)NCCOc2ccc3nnc(-c4ccccc4Cl)n3n2)c1. The number of amides is 1. The third-order valence-electron chi connectivity index (χ3n) is 4.51. The first kappa shape index (κ1) is 22.3. The Kier molecular flexibility index (Phi) is 7.21. The molecule has 0 spiro atoms. The number of rotatable bonds is 10. The summed E-state index contributed by atoms with van der Waals surface area (Å²) in [5.74, 6) is 1.88. The first-order chi connectivity index (χ1) is 16.1. The van der Waals surface area contributed by atoms with Crippen LogP contribution >= 0.6 is 11.6 Å². The Labute approximate surface area is 195 Å². The van der Waals surface area contributed by atoms with Gasteiger partial charge < -0.3 is 19.5 Å². The van der Waals surface area contributed by atoms with Gasteiger partial charge in [-0.3, -0.25) is 4.79 Å². The van der Waals surface area contributed by atoms with Gasteiger partial charge in [0.25, 0.3) is 5.91 Å². The number of halogens is 1. The normalized spacial score (nSPS) is 10.7. The summed E-state index contributed by atoms with van der Waals surface area (Å²) in [5.41, 5.74) is 1.28. The molecule has 0 aliphatic rings. The zero-order chi connectivity index (χ0) is 23.0. The summed E-state index contributed by atoms with van der Waals surface area (Å²) in [6.07, 6.45) is 0. The van der Waals surface area contributed by atoms with Gasteiger partial charge in [0.05, 0.1) is 18.2 Å². The largest absolute Gasteiger partial charge is 0.494 e. The van der Waals surface area contributed by atoms with Crippen LogP contribution in [0.3, 0.4) is 0 Å². The fraction of sp³-hybridized carbons (Fsp3) is 0.217. The molecule has 0 aliphatic carbocycles. The van der Waals surface area contributed by atoms with E-state index in [1.165, 1.54) is 0 Å². The lowest BCUT2D eigenvalue weighted by Crippen LogP contribution is -2.32. The van der Waals surface area contributed by atoms with Crippen LogP contribution in [0.5, 0.6) is 17.4 Å². The van der Waals surface area contributed by atoms with Gasteiger partial charge in [-0.2, -0.15) is 4.52 Å². The van der Waals surface area contributed by atoms with Crippen LogP contribution in [0, 0.1) is 0 Å². The summed E-state index contributed by atoms with van der Waals surface area (Å²) in [6.45, 7) is 2.88. The molecule has 1 amide bonds. The Balaban J connectivity index is 1.28. The molecule has 0 unspecified atom stereocenters. The highest BCUT2D eigenvalue weighted by molar-refractivity contribution is 6.33. The summed E-state index contributed by atoms with van der Waals surface area (Å²) in [5, 5.41) is 16.0. The molecule has 170 valence electrons. The minimum atomic E-state index is -0.261. The van der Waals surface area contributed by atoms with Crippen LogP contribution in [-0.2, 0) is 4.79 Å². The van der Waals surface area contributed by atoms with Crippen molar-refractivity contribution >= 4 is 23.2 Å². The number of aromatic nitrogens is 4. The molecule has 0 fully saturated rings. The molecule has 2 aromatic heterocycles. The standard InChI is InChI=1S/C23H22ClN5O4/c1-2-31-16-6-5-7-17(14-16)33-15-21(30)25-12-13-32-22-11-10-20-26-27-23(29(20)28-22)18-8-3-4-9-19(18)24/h3-11,14H,2,12-13,15H2,1H3,(H,25,30). The van der Waals surface area contributed by atoms with E-state index < -0.39 is 0 Å². The summed E-state index contributed by atoms with van der Waals surface area (Å²) in [4.78, 5) is 12.0. The number of nitrogens with zero attached hydrogens (tertiary/aromatic N) is 4. The number of carbonyl (C=O) groups excluding carboxylic acids is 1. The highest BCUT2D eigenvalue weighted by Crippen LogP contribution is 2.26. The van der Waals surface area contributed by atoms with Gasteiger partial charge in [-0.1, -0.05) is 29.8 Å². The second-order valence-corrected chi connectivity index (χ2v) is 7.25. The van der Waals surface area contributed by atoms with Gasteiger partial charge in [0, 0.05) is 17.7 Å². The van der Waals surface area contributed by atoms with Crippen molar-refractivity contribution < 1.29 is 19.0 Å². The van der Waals surface area contributed by atoms with E-state index in [1.54, 1.807) is 34.8 Å². The minimum Gasteiger partial charge on any atom is -0.494 e. The highest BCUT2D eigenvalue weighted by Gasteiger charge is 2.13. The van der Waals surface area contributed by atoms with Gasteiger partial charge >= 0.3 is 0 Å². The lowest BCUT2D eigenvalue weighted by molar-refractivity contribution is -0.123. The third-order valence-corrected chi connectivity index (χ3v) is 4.84. The van der Waals surface area contributed by atoms with Crippen LogP contribution in [0.25, 0.3) is 17.0 Å². The molecule has 2 aromatic carbocycles. The quantitative estimate of drug-likeness (QED) is 0.357. The number of hydrogen-bond donors (Lipinski definition) is 1. The highest BCUT2D eigenvalue weighted by atomic mass is 35.5. The van der Waals surface area contributed by atoms with Gasteiger partial charge in [0.15, 0.2) is 18.1 Å². The summed E-state index contributed by atoms with van der Waals surface area (Å²) < 4.78 is 18.2. The summed E-state index contributed by atoms with van der Waals surface area (Å²) in [7, 11) is 0. The molecular formula is C23H22ClN5O4. The zero-order valence-electron chi connectivity index (χ0n) is 17.9. The van der Waals surface area contributed by atoms with Crippen LogP contribution in [0.15, 0.2) is 60.7 Å². The summed E-state index contributed by atoms with van der Waals surface area (Å²) in [6, 6.07) is 17.9. The number of fused-ring (bicyclic) bond motifs is 1. The maximum Gasteiger partial charge on any atom is 0.258 e. The number of hydrogen-bond acceptors (Lipinski definition) is 7. The van der Waals surface area contributed by atoms with Crippen LogP contribution in [0.4, 0.5) is 0 Å². The maximum atomic E-state index is 12.0. The fourth-order valence-electron chi connectivity index (χ4n) is 3.03. The van der Waals surface area contributed by atoms with E-state index in [1.807, 2.05) is 37.3 Å². The Morgan fingerprint density at radius 2 is 1.82 bits per heavy atom. The average molecular weight is 468 g/mol. The molecule has 0 radical (unpaired) electrons. The lowest BCUT2D eigenvalue weighted by atomic mass is 10.2. The molecule has 0 saturated heterocycles. The molecule has 1 N–H and O–H groups in total. The molecule has 4 rings (SSSR count). The van der Waals surface area contributed by atoms with Gasteiger partial charge in [-0.25, -0.2) is 0 Å². The van der Waals surface area contributed by atoms with Crippen molar-refractivity contribution in [2.45, 2.75) is 6.92 Å². The smallest absolute Gasteiger partial charge is 0.258 e. The van der Waals surface area contributed by atoms with E-state index in [-0.39, 0.29) is 19.1 Å². The van der Waals surface area contributed by atoms with Crippen LogP contribution < -0.4 is 19.5 Å². The third kappa shape index (κ3) is 5.69. The molecule has 0 saturated carbocycles. The van der Waals surface area contributed by atoms with E-state index in [2.05, 4.69) is 20.6 Å². The second-order valence-electron chi connectivity index (χ2n) is 6.84. The van der Waals surface area contributed by atoms with Crippen molar-refractivity contribution in [1.82, 2.24) is 25.1 Å². The van der Waals surface area contributed by atoms with Crippen molar-refractivity contribution in [3.63, 3.8) is 0 Å². The van der Waals surface area contributed by atoms with E-state index >= 15 is 0 Å². The van der Waals surface area contributed by atoms with Crippen molar-refractivity contribution in [3.8, 4) is 28.8 Å². The van der Waals surface area contributed by atoms with E-state index in [0.29, 0.717) is 47.0 Å². The lowest BCUT2D eigenvalue weighted by Gasteiger charge is -2.10. The number of nitrogens with one attached hydrogen (secondary N) is 1. The van der Waals surface area contributed by atoms with Gasteiger partial charge in [-0.15, -0.1) is 15.3 Å². The molecular weight excluding hydrogens is 446 g/mol. The molecule has 33 heavy (non-hydrogen) atoms. The Hall–Kier alpha value is -3.85. The van der Waals surface area contributed by atoms with E-state index in [9.17, 15) is 4.79 Å². The maximum absolute atomic E-state index is 12.0. The molecule has 9 nitrogen and oxygen atoms in total. The Bertz CT molecular complexity index is 1250. The molecule has 0 atom stereocenters. The van der Waals surface area contributed by atoms with Crippen molar-refractivity contribution in [3.05, 3.63) is 65.7 Å². The van der Waals surface area contributed by atoms with Crippen LogP contribution in [0.1, 0.15) is 6.92 Å². The zero-order valence-corrected chi connectivity index (χ0v) is 18.7. The number of carbonyl (C=O) groups is 1. The van der Waals surface area contributed by atoms with E-state index in [0.717, 1.165) is 5.56 Å². The minimum absolute atomic E-state index is 0.109. The van der Waals surface area contributed by atoms with Crippen molar-refractivity contribution in [2.75, 3.05) is 26.4 Å². The summed E-state index contributed by atoms with van der Waals surface area (Å²) >= 11 is 6.28. The monoisotopic (exact) mass is 467 g/mol. The van der Waals surface area contributed by atoms with Crippen molar-refractivity contribution in [2.24, 2.45) is 0 Å². The fourth-order valence-corrected chi connectivity index (χ4v) is 3.25. The van der Waals surface area contributed by atoms with E-state index in [4.69, 9.17) is 25.8 Å². The van der Waals surface area contributed by atoms with Gasteiger partial charge in [-0.05, 0) is 37.3 Å². The first-order valence-corrected chi connectivity index (χ1v) is 10.7. The van der Waals surface area contributed by atoms with Gasteiger partial charge in [0.1, 0.15) is 18.1 Å². The Morgan fingerprint density at radius 1 is 1.00 bits per heavy atom. The predicted octanol–water partition coefficient (Wildman–Crippen LogP) is 3.42. The Morgan fingerprint density at radius 3 is 2.64 bits per heavy atom. The molecule has 2 heterocycles. The first-order valence-electron chi connectivity index (χ1n) is 10.4.